The van der Waals surface area contributed by atoms with Crippen molar-refractivity contribution in [3.8, 4) is 17.2 Å². The zero-order chi connectivity index (χ0) is 25.4. The van der Waals surface area contributed by atoms with Crippen LogP contribution in [-0.4, -0.2) is 49.7 Å². The van der Waals surface area contributed by atoms with Gasteiger partial charge >= 0.3 is 0 Å². The molecule has 3 aromatic carbocycles. The van der Waals surface area contributed by atoms with E-state index in [1.54, 1.807) is 43.5 Å². The normalized spacial score (nSPS) is 18.0. The van der Waals surface area contributed by atoms with Gasteiger partial charge in [0.05, 0.1) is 18.7 Å². The fourth-order valence-electron chi connectivity index (χ4n) is 4.48. The highest BCUT2D eigenvalue weighted by atomic mass is 16.7. The molecule has 184 valence electrons. The molecule has 1 atom stereocenters. The van der Waals surface area contributed by atoms with Crippen LogP contribution < -0.4 is 19.1 Å². The average Bonchev–Trinajstić information content (AvgIpc) is 3.46. The number of ketones is 1. The van der Waals surface area contributed by atoms with Crippen LogP contribution in [0.1, 0.15) is 22.7 Å². The predicted octanol–water partition coefficient (Wildman–Crippen LogP) is 4.11. The van der Waals surface area contributed by atoms with Crippen LogP contribution in [0.2, 0.25) is 0 Å². The van der Waals surface area contributed by atoms with Gasteiger partial charge in [-0.25, -0.2) is 0 Å². The molecule has 5 rings (SSSR count). The highest BCUT2D eigenvalue weighted by Crippen LogP contribution is 2.41. The van der Waals surface area contributed by atoms with Crippen LogP contribution in [-0.2, 0) is 16.1 Å². The summed E-state index contributed by atoms with van der Waals surface area (Å²) in [6.45, 7) is 0.296. The third-order valence-corrected chi connectivity index (χ3v) is 6.42. The molecule has 0 aliphatic carbocycles. The van der Waals surface area contributed by atoms with Crippen LogP contribution in [0.15, 0.2) is 72.3 Å². The number of methoxy groups -OCH3 is 1. The molecule has 2 aliphatic rings. The number of hydrogen-bond acceptors (Lipinski definition) is 7. The molecule has 1 fully saturated rings. The van der Waals surface area contributed by atoms with E-state index in [1.165, 1.54) is 4.90 Å². The minimum atomic E-state index is -0.770. The predicted molar refractivity (Wildman–Crippen MR) is 134 cm³/mol. The van der Waals surface area contributed by atoms with Gasteiger partial charge in [0.2, 0.25) is 6.79 Å². The number of Topliss-reactive ketones (excluding diaryl/α,β-unsaturated/α-hetero) is 1. The minimum absolute atomic E-state index is 0.0449. The van der Waals surface area contributed by atoms with Crippen molar-refractivity contribution < 1.29 is 28.9 Å². The number of amides is 1. The van der Waals surface area contributed by atoms with Crippen molar-refractivity contribution >= 4 is 23.1 Å². The number of hydrogen-bond donors (Lipinski definition) is 1. The third kappa shape index (κ3) is 4.11. The second-order valence-corrected chi connectivity index (χ2v) is 8.83. The molecule has 0 spiro atoms. The number of nitrogens with zero attached hydrogens (tertiary/aromatic N) is 2. The topological polar surface area (TPSA) is 88.5 Å². The summed E-state index contributed by atoms with van der Waals surface area (Å²) in [7, 11) is 5.42. The van der Waals surface area contributed by atoms with Gasteiger partial charge in [0.1, 0.15) is 11.5 Å². The Labute approximate surface area is 208 Å². The Morgan fingerprint density at radius 3 is 2.36 bits per heavy atom. The van der Waals surface area contributed by atoms with Gasteiger partial charge in [-0.15, -0.1) is 0 Å². The Balaban J connectivity index is 1.59. The van der Waals surface area contributed by atoms with Crippen LogP contribution in [0, 0.1) is 0 Å². The van der Waals surface area contributed by atoms with Crippen LogP contribution in [0.4, 0.5) is 5.69 Å². The quantitative estimate of drug-likeness (QED) is 0.319. The number of anilines is 1. The van der Waals surface area contributed by atoms with Gasteiger partial charge in [-0.05, 0) is 59.7 Å². The zero-order valence-corrected chi connectivity index (χ0v) is 20.2. The summed E-state index contributed by atoms with van der Waals surface area (Å²) in [4.78, 5) is 30.0. The number of aliphatic hydroxyl groups excluding tert-OH is 1. The maximum Gasteiger partial charge on any atom is 0.295 e. The van der Waals surface area contributed by atoms with E-state index in [2.05, 4.69) is 0 Å². The smallest absolute Gasteiger partial charge is 0.295 e. The molecule has 3 aromatic rings. The molecule has 1 N–H and O–H groups in total. The summed E-state index contributed by atoms with van der Waals surface area (Å²) in [5.74, 6) is 0.206. The van der Waals surface area contributed by atoms with Crippen LogP contribution in [0.3, 0.4) is 0 Å². The second kappa shape index (κ2) is 9.30. The fraction of sp³-hybridized carbons (Fsp3) is 0.214. The maximum absolute atomic E-state index is 13.3. The molecule has 0 radical (unpaired) electrons. The van der Waals surface area contributed by atoms with Crippen molar-refractivity contribution in [2.45, 2.75) is 12.6 Å². The molecule has 8 heteroatoms. The van der Waals surface area contributed by atoms with Crippen LogP contribution >= 0.6 is 0 Å². The summed E-state index contributed by atoms with van der Waals surface area (Å²) in [6, 6.07) is 18.9. The van der Waals surface area contributed by atoms with E-state index in [0.717, 1.165) is 16.8 Å². The summed E-state index contributed by atoms with van der Waals surface area (Å²) in [5, 5.41) is 11.3. The average molecular weight is 487 g/mol. The van der Waals surface area contributed by atoms with E-state index in [1.807, 2.05) is 49.3 Å². The molecule has 1 saturated heterocycles. The van der Waals surface area contributed by atoms with Gasteiger partial charge in [-0.3, -0.25) is 9.59 Å². The van der Waals surface area contributed by atoms with Crippen molar-refractivity contribution in [1.29, 1.82) is 0 Å². The number of benzene rings is 3. The van der Waals surface area contributed by atoms with Gasteiger partial charge in [-0.1, -0.05) is 18.2 Å². The Kier molecular flexibility index (Phi) is 6.01. The summed E-state index contributed by atoms with van der Waals surface area (Å²) < 4.78 is 16.1. The van der Waals surface area contributed by atoms with Gasteiger partial charge in [0.25, 0.3) is 11.7 Å². The minimum Gasteiger partial charge on any atom is -0.507 e. The highest BCUT2D eigenvalue weighted by Gasteiger charge is 2.46. The highest BCUT2D eigenvalue weighted by molar-refractivity contribution is 6.46. The first-order valence-corrected chi connectivity index (χ1v) is 11.5. The van der Waals surface area contributed by atoms with E-state index < -0.39 is 17.7 Å². The van der Waals surface area contributed by atoms with Crippen molar-refractivity contribution in [1.82, 2.24) is 4.90 Å². The number of aliphatic hydroxyl groups is 1. The number of likely N-dealkylation sites (tertiary alicyclic amines) is 1. The van der Waals surface area contributed by atoms with Crippen molar-refractivity contribution in [3.05, 3.63) is 89.0 Å². The van der Waals surface area contributed by atoms with Crippen LogP contribution in [0.5, 0.6) is 17.2 Å². The fourth-order valence-corrected chi connectivity index (χ4v) is 4.48. The first-order chi connectivity index (χ1) is 17.4. The summed E-state index contributed by atoms with van der Waals surface area (Å²) in [5.41, 5.74) is 2.94. The molecule has 0 aromatic heterocycles. The molecular formula is C28H26N2O6. The number of carbonyl (C=O) groups excluding carboxylic acids is 2. The summed E-state index contributed by atoms with van der Waals surface area (Å²) in [6.07, 6.45) is 0. The lowest BCUT2D eigenvalue weighted by Crippen LogP contribution is -2.29. The third-order valence-electron chi connectivity index (χ3n) is 6.42. The first-order valence-electron chi connectivity index (χ1n) is 11.5. The first kappa shape index (κ1) is 23.3. The maximum atomic E-state index is 13.3. The van der Waals surface area contributed by atoms with Crippen molar-refractivity contribution in [3.63, 3.8) is 0 Å². The molecule has 36 heavy (non-hydrogen) atoms. The zero-order valence-electron chi connectivity index (χ0n) is 20.2. The monoisotopic (exact) mass is 486 g/mol. The number of ether oxygens (including phenoxy) is 3. The Morgan fingerprint density at radius 2 is 1.69 bits per heavy atom. The lowest BCUT2D eigenvalue weighted by Gasteiger charge is -2.26. The van der Waals surface area contributed by atoms with Crippen LogP contribution in [0.25, 0.3) is 5.76 Å². The Bertz CT molecular complexity index is 1350. The van der Waals surface area contributed by atoms with Gasteiger partial charge in [-0.2, -0.15) is 0 Å². The van der Waals surface area contributed by atoms with E-state index >= 15 is 0 Å². The number of rotatable bonds is 6. The van der Waals surface area contributed by atoms with E-state index in [4.69, 9.17) is 14.2 Å². The molecule has 0 bridgehead atoms. The largest absolute Gasteiger partial charge is 0.507 e. The van der Waals surface area contributed by atoms with E-state index in [9.17, 15) is 14.7 Å². The molecule has 1 unspecified atom stereocenters. The van der Waals surface area contributed by atoms with E-state index in [0.29, 0.717) is 22.8 Å². The standard InChI is InChI=1S/C28H26N2O6/c1-29(2)20-9-5-18(6-10-20)25-24(26(31)19-7-11-21(34-3)12-8-19)27(32)28(33)30(25)15-17-4-13-22-23(14-17)36-16-35-22/h4-14,25,31H,15-16H2,1-3H3/b26-24+. The molecule has 0 saturated carbocycles. The van der Waals surface area contributed by atoms with Gasteiger partial charge in [0, 0.05) is 31.9 Å². The van der Waals surface area contributed by atoms with Crippen molar-refractivity contribution in [2.24, 2.45) is 0 Å². The van der Waals surface area contributed by atoms with Crippen molar-refractivity contribution in [2.75, 3.05) is 32.9 Å². The second-order valence-electron chi connectivity index (χ2n) is 8.83. The Hall–Kier alpha value is -4.46. The lowest BCUT2D eigenvalue weighted by atomic mass is 9.95. The van der Waals surface area contributed by atoms with E-state index in [-0.39, 0.29) is 24.7 Å². The Morgan fingerprint density at radius 1 is 1.00 bits per heavy atom. The molecule has 2 aliphatic heterocycles. The lowest BCUT2D eigenvalue weighted by molar-refractivity contribution is -0.140. The number of carbonyl (C=O) groups is 2. The SMILES string of the molecule is COc1ccc(/C(O)=C2\C(=O)C(=O)N(Cc3ccc4c(c3)OCO4)C2c2ccc(N(C)C)cc2)cc1. The summed E-state index contributed by atoms with van der Waals surface area (Å²) >= 11 is 0. The molecular weight excluding hydrogens is 460 g/mol. The number of fused-ring (bicyclic) bond motifs is 1. The van der Waals surface area contributed by atoms with Gasteiger partial charge in [0.15, 0.2) is 11.5 Å². The molecule has 8 nitrogen and oxygen atoms in total. The molecule has 2 heterocycles. The van der Waals surface area contributed by atoms with Gasteiger partial charge < -0.3 is 29.1 Å². The molecule has 1 amide bonds.